The second-order valence-electron chi connectivity index (χ2n) is 16.4. The van der Waals surface area contributed by atoms with E-state index in [1.165, 1.54) is 0 Å². The van der Waals surface area contributed by atoms with E-state index in [4.69, 9.17) is 71.1 Å². The zero-order valence-electron chi connectivity index (χ0n) is 42.8. The van der Waals surface area contributed by atoms with Crippen LogP contribution in [0.15, 0.2) is 54.6 Å². The molecule has 0 spiro atoms. The summed E-state index contributed by atoms with van der Waals surface area (Å²) in [5.41, 5.74) is 1.03. The lowest BCUT2D eigenvalue weighted by molar-refractivity contribution is -0.149. The average Bonchev–Trinajstić information content (AvgIpc) is 3.35. The molecule has 0 aliphatic carbocycles. The molecule has 0 radical (unpaired) electrons. The molecule has 0 bridgehead atoms. The Bertz CT molecular complexity index is 1550. The molecule has 0 fully saturated rings. The molecule has 2 rings (SSSR count). The van der Waals surface area contributed by atoms with Crippen molar-refractivity contribution in [3.05, 3.63) is 65.7 Å². The van der Waals surface area contributed by atoms with Crippen LogP contribution in [0.25, 0.3) is 0 Å². The van der Waals surface area contributed by atoms with Gasteiger partial charge in [0.15, 0.2) is 0 Å². The molecule has 0 saturated carbocycles. The predicted molar refractivity (Wildman–Crippen MR) is 263 cm³/mol. The standard InChI is InChI=1S/C51H84N2O18/c1-5-17-57-20-22-59-24-26-61-28-30-63-32-34-65-36-38-67-40-41-68-39-37-66-35-33-64-31-29-62-27-25-60-23-21-58-18-15-48(54)53-47(49(55)70-43-45-9-7-6-8-10-45)42-44-11-13-46(14-12-44)69-19-16-52-50(56)71-51(2,3)4/h6-14,47H,5,15-43H2,1-4H3,(H,52,56)(H,53,54)/t47-/m0/s1. The minimum Gasteiger partial charge on any atom is -0.492 e. The van der Waals surface area contributed by atoms with E-state index in [1.54, 1.807) is 32.9 Å². The number of esters is 1. The predicted octanol–water partition coefficient (Wildman–Crippen LogP) is 4.36. The highest BCUT2D eigenvalue weighted by atomic mass is 16.6. The minimum absolute atomic E-state index is 0.0473. The van der Waals surface area contributed by atoms with E-state index in [-0.39, 0.29) is 45.1 Å². The number of alkyl carbamates (subject to hydrolysis) is 1. The summed E-state index contributed by atoms with van der Waals surface area (Å²) in [6.07, 6.45) is 0.744. The van der Waals surface area contributed by atoms with Gasteiger partial charge in [0.05, 0.1) is 159 Å². The smallest absolute Gasteiger partial charge is 0.407 e. The minimum atomic E-state index is -0.924. The fourth-order valence-corrected chi connectivity index (χ4v) is 5.71. The molecule has 2 N–H and O–H groups in total. The van der Waals surface area contributed by atoms with Crippen molar-refractivity contribution in [2.75, 3.05) is 172 Å². The second kappa shape index (κ2) is 44.7. The van der Waals surface area contributed by atoms with E-state index in [2.05, 4.69) is 17.6 Å². The van der Waals surface area contributed by atoms with Gasteiger partial charge in [0.1, 0.15) is 30.6 Å². The van der Waals surface area contributed by atoms with Crippen molar-refractivity contribution in [3.63, 3.8) is 0 Å². The molecule has 2 aromatic carbocycles. The van der Waals surface area contributed by atoms with Gasteiger partial charge < -0.3 is 81.7 Å². The molecule has 0 heterocycles. The van der Waals surface area contributed by atoms with E-state index in [1.807, 2.05) is 42.5 Å². The van der Waals surface area contributed by atoms with Crippen molar-refractivity contribution in [3.8, 4) is 5.75 Å². The number of hydrogen-bond donors (Lipinski definition) is 2. The lowest BCUT2D eigenvalue weighted by Gasteiger charge is -2.19. The van der Waals surface area contributed by atoms with Crippen LogP contribution in [0, 0.1) is 0 Å². The summed E-state index contributed by atoms with van der Waals surface area (Å²) in [7, 11) is 0. The molecule has 0 unspecified atom stereocenters. The number of amides is 2. The lowest BCUT2D eigenvalue weighted by Crippen LogP contribution is -2.43. The summed E-state index contributed by atoms with van der Waals surface area (Å²) in [6.45, 7) is 19.3. The Balaban J connectivity index is 1.39. The third kappa shape index (κ3) is 40.2. The van der Waals surface area contributed by atoms with E-state index >= 15 is 0 Å². The van der Waals surface area contributed by atoms with Crippen molar-refractivity contribution in [1.29, 1.82) is 0 Å². The number of benzene rings is 2. The van der Waals surface area contributed by atoms with Gasteiger partial charge >= 0.3 is 12.1 Å². The summed E-state index contributed by atoms with van der Waals surface area (Å²) in [5.74, 6) is -0.322. The largest absolute Gasteiger partial charge is 0.492 e. The topological polar surface area (TPSA) is 214 Å². The van der Waals surface area contributed by atoms with Gasteiger partial charge in [0.25, 0.3) is 0 Å². The summed E-state index contributed by atoms with van der Waals surface area (Å²) in [4.78, 5) is 37.9. The highest BCUT2D eigenvalue weighted by molar-refractivity contribution is 5.84. The molecule has 406 valence electrons. The summed E-state index contributed by atoms with van der Waals surface area (Å²) in [6, 6.07) is 15.5. The number of rotatable bonds is 48. The first-order chi connectivity index (χ1) is 34.7. The van der Waals surface area contributed by atoms with Gasteiger partial charge in [0, 0.05) is 19.4 Å². The second-order valence-corrected chi connectivity index (χ2v) is 16.4. The molecule has 0 saturated heterocycles. The van der Waals surface area contributed by atoms with Crippen molar-refractivity contribution in [2.45, 2.75) is 65.2 Å². The average molecular weight is 1010 g/mol. The molecule has 0 aliphatic heterocycles. The van der Waals surface area contributed by atoms with Crippen molar-refractivity contribution >= 4 is 18.0 Å². The van der Waals surface area contributed by atoms with Crippen LogP contribution in [0.4, 0.5) is 4.79 Å². The molecular formula is C51H84N2O18. The third-order valence-electron chi connectivity index (χ3n) is 9.16. The van der Waals surface area contributed by atoms with Gasteiger partial charge in [-0.05, 0) is 50.5 Å². The quantitative estimate of drug-likeness (QED) is 0.0696. The van der Waals surface area contributed by atoms with Crippen LogP contribution in [0.2, 0.25) is 0 Å². The maximum atomic E-state index is 13.2. The van der Waals surface area contributed by atoms with Crippen LogP contribution >= 0.6 is 0 Å². The zero-order chi connectivity index (χ0) is 51.1. The number of carbonyl (C=O) groups is 3. The van der Waals surface area contributed by atoms with E-state index in [9.17, 15) is 14.4 Å². The Morgan fingerprint density at radius 2 is 0.873 bits per heavy atom. The monoisotopic (exact) mass is 1010 g/mol. The summed E-state index contributed by atoms with van der Waals surface area (Å²) in [5, 5.41) is 5.45. The molecule has 20 nitrogen and oxygen atoms in total. The molecule has 20 heteroatoms. The maximum Gasteiger partial charge on any atom is 0.407 e. The molecule has 0 aliphatic rings. The van der Waals surface area contributed by atoms with E-state index in [0.29, 0.717) is 151 Å². The van der Waals surface area contributed by atoms with Gasteiger partial charge in [-0.1, -0.05) is 49.4 Å². The van der Waals surface area contributed by atoms with Crippen LogP contribution in [0.3, 0.4) is 0 Å². The normalized spacial score (nSPS) is 11.9. The molecule has 2 amide bonds. The molecule has 0 aromatic heterocycles. The molecule has 71 heavy (non-hydrogen) atoms. The highest BCUT2D eigenvalue weighted by Crippen LogP contribution is 2.15. The van der Waals surface area contributed by atoms with Gasteiger partial charge in [-0.2, -0.15) is 0 Å². The van der Waals surface area contributed by atoms with Crippen LogP contribution in [-0.2, 0) is 88.9 Å². The Kier molecular flexibility index (Phi) is 39.7. The molecule has 2 aromatic rings. The number of hydrogen-bond acceptors (Lipinski definition) is 18. The number of carbonyl (C=O) groups excluding carboxylic acids is 3. The Morgan fingerprint density at radius 3 is 1.27 bits per heavy atom. The number of ether oxygens (including phenoxy) is 15. The Labute approximate surface area is 421 Å². The van der Waals surface area contributed by atoms with Crippen LogP contribution in [0.1, 0.15) is 51.7 Å². The van der Waals surface area contributed by atoms with Gasteiger partial charge in [0.2, 0.25) is 5.91 Å². The fraction of sp³-hybridized carbons (Fsp3) is 0.706. The van der Waals surface area contributed by atoms with E-state index < -0.39 is 23.7 Å². The van der Waals surface area contributed by atoms with Gasteiger partial charge in [-0.3, -0.25) is 4.79 Å². The van der Waals surface area contributed by atoms with Crippen molar-refractivity contribution in [2.24, 2.45) is 0 Å². The van der Waals surface area contributed by atoms with Crippen LogP contribution in [-0.4, -0.2) is 201 Å². The first-order valence-electron chi connectivity index (χ1n) is 24.8. The molecular weight excluding hydrogens is 929 g/mol. The molecule has 1 atom stereocenters. The first-order valence-corrected chi connectivity index (χ1v) is 24.8. The van der Waals surface area contributed by atoms with Gasteiger partial charge in [-0.15, -0.1) is 0 Å². The van der Waals surface area contributed by atoms with Gasteiger partial charge in [-0.25, -0.2) is 9.59 Å². The van der Waals surface area contributed by atoms with E-state index in [0.717, 1.165) is 24.2 Å². The Hall–Kier alpha value is -4.03. The van der Waals surface area contributed by atoms with Crippen molar-refractivity contribution in [1.82, 2.24) is 10.6 Å². The summed E-state index contributed by atoms with van der Waals surface area (Å²) >= 11 is 0. The Morgan fingerprint density at radius 1 is 0.479 bits per heavy atom. The third-order valence-corrected chi connectivity index (χ3v) is 9.16. The van der Waals surface area contributed by atoms with Crippen LogP contribution in [0.5, 0.6) is 5.75 Å². The highest BCUT2D eigenvalue weighted by Gasteiger charge is 2.23. The van der Waals surface area contributed by atoms with Crippen molar-refractivity contribution < 1.29 is 85.4 Å². The zero-order valence-corrected chi connectivity index (χ0v) is 42.8. The SMILES string of the molecule is CCCOCCOCCOCCOCCOCCOCCOCCOCCOCCOCCOCCOCCC(=O)N[C@@H](Cc1ccc(OCCNC(=O)OC(C)(C)C)cc1)C(=O)OCc1ccccc1. The first kappa shape index (κ1) is 63.1. The summed E-state index contributed by atoms with van der Waals surface area (Å²) < 4.78 is 82.4. The lowest BCUT2D eigenvalue weighted by atomic mass is 10.1. The maximum absolute atomic E-state index is 13.2. The van der Waals surface area contributed by atoms with Crippen LogP contribution < -0.4 is 15.4 Å². The fourth-order valence-electron chi connectivity index (χ4n) is 5.71. The number of nitrogens with one attached hydrogen (secondary N) is 2.